The number of hydrogen-bond donors (Lipinski definition) is 1. The van der Waals surface area contributed by atoms with Gasteiger partial charge in [0.2, 0.25) is 0 Å². The molecule has 1 unspecified atom stereocenters. The highest BCUT2D eigenvalue weighted by Gasteiger charge is 2.14. The molecule has 1 aromatic carbocycles. The molecule has 4 aromatic rings. The number of pyridine rings is 1. The van der Waals surface area contributed by atoms with E-state index < -0.39 is 0 Å². The molecule has 0 bridgehead atoms. The van der Waals surface area contributed by atoms with Crippen molar-refractivity contribution in [2.75, 3.05) is 5.32 Å². The Balaban J connectivity index is 1.72. The van der Waals surface area contributed by atoms with Gasteiger partial charge < -0.3 is 5.32 Å². The van der Waals surface area contributed by atoms with Crippen LogP contribution in [0.3, 0.4) is 0 Å². The summed E-state index contributed by atoms with van der Waals surface area (Å²) in [6, 6.07) is 8.22. The molecule has 4 rings (SSSR count). The fraction of sp³-hybridized carbons (Fsp3) is 0.167. The maximum absolute atomic E-state index is 13.2. The van der Waals surface area contributed by atoms with Crippen molar-refractivity contribution < 1.29 is 4.39 Å². The van der Waals surface area contributed by atoms with Crippen molar-refractivity contribution in [1.29, 1.82) is 0 Å². The standard InChI is InChI=1S/C18H15FN6S/c1-10(18-25-24-11(2)26-18)23-17-15-7-13(8-20-16(15)21-9-22-17)12-3-5-14(19)6-4-12/h3-10H,1-2H3,(H,20,21,22,23). The number of aromatic nitrogens is 5. The Morgan fingerprint density at radius 1 is 1.04 bits per heavy atom. The summed E-state index contributed by atoms with van der Waals surface area (Å²) in [6.45, 7) is 3.93. The minimum Gasteiger partial charge on any atom is -0.360 e. The van der Waals surface area contributed by atoms with Crippen molar-refractivity contribution in [2.45, 2.75) is 19.9 Å². The largest absolute Gasteiger partial charge is 0.360 e. The quantitative estimate of drug-likeness (QED) is 0.584. The van der Waals surface area contributed by atoms with Gasteiger partial charge in [0.1, 0.15) is 28.0 Å². The molecular weight excluding hydrogens is 351 g/mol. The first kappa shape index (κ1) is 16.5. The number of rotatable bonds is 4. The van der Waals surface area contributed by atoms with E-state index in [-0.39, 0.29) is 11.9 Å². The molecule has 6 nitrogen and oxygen atoms in total. The highest BCUT2D eigenvalue weighted by Crippen LogP contribution is 2.28. The van der Waals surface area contributed by atoms with Gasteiger partial charge in [0.05, 0.1) is 11.4 Å². The van der Waals surface area contributed by atoms with Crippen LogP contribution in [0.5, 0.6) is 0 Å². The van der Waals surface area contributed by atoms with E-state index >= 15 is 0 Å². The van der Waals surface area contributed by atoms with E-state index in [1.807, 2.05) is 19.9 Å². The van der Waals surface area contributed by atoms with Crippen molar-refractivity contribution in [2.24, 2.45) is 0 Å². The highest BCUT2D eigenvalue weighted by atomic mass is 32.1. The Bertz CT molecular complexity index is 1060. The highest BCUT2D eigenvalue weighted by molar-refractivity contribution is 7.11. The van der Waals surface area contributed by atoms with Crippen molar-refractivity contribution >= 4 is 28.2 Å². The molecule has 0 fully saturated rings. The number of benzene rings is 1. The molecule has 3 heterocycles. The van der Waals surface area contributed by atoms with Gasteiger partial charge in [0.25, 0.3) is 0 Å². The van der Waals surface area contributed by atoms with Gasteiger partial charge in [0, 0.05) is 11.8 Å². The normalized spacial score (nSPS) is 12.3. The van der Waals surface area contributed by atoms with Crippen LogP contribution in [-0.4, -0.2) is 25.1 Å². The minimum absolute atomic E-state index is 0.0474. The summed E-state index contributed by atoms with van der Waals surface area (Å²) >= 11 is 1.54. The molecule has 130 valence electrons. The average Bonchev–Trinajstić information content (AvgIpc) is 3.09. The number of halogens is 1. The van der Waals surface area contributed by atoms with Gasteiger partial charge in [-0.25, -0.2) is 19.3 Å². The van der Waals surface area contributed by atoms with Crippen LogP contribution in [0.15, 0.2) is 42.9 Å². The Morgan fingerprint density at radius 3 is 2.58 bits per heavy atom. The van der Waals surface area contributed by atoms with E-state index in [0.717, 1.165) is 26.5 Å². The lowest BCUT2D eigenvalue weighted by molar-refractivity contribution is 0.628. The van der Waals surface area contributed by atoms with Gasteiger partial charge in [-0.2, -0.15) is 0 Å². The van der Waals surface area contributed by atoms with Crippen LogP contribution in [0.25, 0.3) is 22.2 Å². The summed E-state index contributed by atoms with van der Waals surface area (Å²) in [5.41, 5.74) is 2.34. The van der Waals surface area contributed by atoms with Gasteiger partial charge in [-0.05, 0) is 37.6 Å². The summed E-state index contributed by atoms with van der Waals surface area (Å²) in [7, 11) is 0. The van der Waals surface area contributed by atoms with Gasteiger partial charge in [-0.15, -0.1) is 10.2 Å². The Morgan fingerprint density at radius 2 is 1.85 bits per heavy atom. The number of nitrogens with zero attached hydrogens (tertiary/aromatic N) is 5. The van der Waals surface area contributed by atoms with Crippen LogP contribution >= 0.6 is 11.3 Å². The van der Waals surface area contributed by atoms with Crippen LogP contribution in [0.2, 0.25) is 0 Å². The number of fused-ring (bicyclic) bond motifs is 1. The lowest BCUT2D eigenvalue weighted by Gasteiger charge is -2.13. The first-order valence-corrected chi connectivity index (χ1v) is 8.85. The molecule has 26 heavy (non-hydrogen) atoms. The summed E-state index contributed by atoms with van der Waals surface area (Å²) in [6.07, 6.45) is 3.21. The monoisotopic (exact) mass is 366 g/mol. The Kier molecular flexibility index (Phi) is 4.26. The summed E-state index contributed by atoms with van der Waals surface area (Å²) in [5, 5.41) is 14.2. The van der Waals surface area contributed by atoms with Crippen molar-refractivity contribution in [3.8, 4) is 11.1 Å². The molecule has 1 N–H and O–H groups in total. The first-order valence-electron chi connectivity index (χ1n) is 8.03. The van der Waals surface area contributed by atoms with Crippen molar-refractivity contribution in [3.63, 3.8) is 0 Å². The lowest BCUT2D eigenvalue weighted by Crippen LogP contribution is -2.08. The maximum Gasteiger partial charge on any atom is 0.164 e. The van der Waals surface area contributed by atoms with Gasteiger partial charge in [-0.1, -0.05) is 23.5 Å². The predicted octanol–water partition coefficient (Wildman–Crippen LogP) is 4.16. The second kappa shape index (κ2) is 6.72. The molecule has 0 saturated carbocycles. The Hall–Kier alpha value is -3.00. The second-order valence-corrected chi connectivity index (χ2v) is 7.06. The average molecular weight is 366 g/mol. The van der Waals surface area contributed by atoms with E-state index in [0.29, 0.717) is 11.5 Å². The van der Waals surface area contributed by atoms with Crippen LogP contribution in [0, 0.1) is 12.7 Å². The topological polar surface area (TPSA) is 76.5 Å². The fourth-order valence-electron chi connectivity index (χ4n) is 2.61. The molecular formula is C18H15FN6S. The van der Waals surface area contributed by atoms with Gasteiger partial charge in [0.15, 0.2) is 5.65 Å². The molecule has 0 amide bonds. The molecule has 8 heteroatoms. The maximum atomic E-state index is 13.2. The molecule has 1 atom stereocenters. The van der Waals surface area contributed by atoms with Gasteiger partial charge >= 0.3 is 0 Å². The molecule has 0 radical (unpaired) electrons. The third-order valence-corrected chi connectivity index (χ3v) is 4.95. The first-order chi connectivity index (χ1) is 12.6. The molecule has 0 saturated heterocycles. The van der Waals surface area contributed by atoms with Crippen LogP contribution in [0.4, 0.5) is 10.2 Å². The SMILES string of the molecule is Cc1nnc(C(C)Nc2ncnc3ncc(-c4ccc(F)cc4)cc23)s1. The zero-order valence-electron chi connectivity index (χ0n) is 14.1. The fourth-order valence-corrected chi connectivity index (χ4v) is 3.32. The zero-order chi connectivity index (χ0) is 18.1. The van der Waals surface area contributed by atoms with Crippen LogP contribution in [-0.2, 0) is 0 Å². The lowest BCUT2D eigenvalue weighted by atomic mass is 10.1. The minimum atomic E-state index is -0.269. The molecule has 0 aliphatic heterocycles. The number of anilines is 1. The smallest absolute Gasteiger partial charge is 0.164 e. The van der Waals surface area contributed by atoms with E-state index in [1.165, 1.54) is 18.5 Å². The third-order valence-electron chi connectivity index (χ3n) is 3.93. The van der Waals surface area contributed by atoms with Crippen LogP contribution < -0.4 is 5.32 Å². The molecule has 0 aliphatic rings. The molecule has 3 aromatic heterocycles. The van der Waals surface area contributed by atoms with E-state index in [4.69, 9.17) is 0 Å². The Labute approximate surface area is 153 Å². The van der Waals surface area contributed by atoms with Crippen molar-refractivity contribution in [1.82, 2.24) is 25.1 Å². The second-order valence-electron chi connectivity index (χ2n) is 5.85. The number of hydrogen-bond acceptors (Lipinski definition) is 7. The number of aryl methyl sites for hydroxylation is 1. The third kappa shape index (κ3) is 3.23. The van der Waals surface area contributed by atoms with E-state index in [1.54, 1.807) is 29.7 Å². The molecule has 0 aliphatic carbocycles. The van der Waals surface area contributed by atoms with E-state index in [2.05, 4.69) is 30.5 Å². The van der Waals surface area contributed by atoms with E-state index in [9.17, 15) is 4.39 Å². The van der Waals surface area contributed by atoms with Gasteiger partial charge in [-0.3, -0.25) is 0 Å². The summed E-state index contributed by atoms with van der Waals surface area (Å²) < 4.78 is 13.2. The summed E-state index contributed by atoms with van der Waals surface area (Å²) in [5.74, 6) is 0.404. The van der Waals surface area contributed by atoms with Crippen molar-refractivity contribution in [3.05, 3.63) is 58.7 Å². The summed E-state index contributed by atoms with van der Waals surface area (Å²) in [4.78, 5) is 13.0. The molecule has 0 spiro atoms. The zero-order valence-corrected chi connectivity index (χ0v) is 15.0. The van der Waals surface area contributed by atoms with Crippen LogP contribution in [0.1, 0.15) is 23.0 Å². The predicted molar refractivity (Wildman–Crippen MR) is 99.4 cm³/mol. The number of nitrogens with one attached hydrogen (secondary N) is 1.